The summed E-state index contributed by atoms with van der Waals surface area (Å²) in [5.41, 5.74) is 2.57. The van der Waals surface area contributed by atoms with Gasteiger partial charge in [-0.05, 0) is 83.8 Å². The molecule has 4 N–H and O–H groups in total. The number of nitrogens with zero attached hydrogens (tertiary/aromatic N) is 1. The molecular formula is C38H58N4O5S. The predicted octanol–water partition coefficient (Wildman–Crippen LogP) is 4.16. The molecule has 6 atom stereocenters. The smallest absolute Gasteiger partial charge is 0.239 e. The lowest BCUT2D eigenvalue weighted by atomic mass is 9.72. The Labute approximate surface area is 288 Å². The Bertz CT molecular complexity index is 1470. The van der Waals surface area contributed by atoms with Gasteiger partial charge in [-0.3, -0.25) is 14.5 Å². The van der Waals surface area contributed by atoms with E-state index < -0.39 is 38.7 Å². The van der Waals surface area contributed by atoms with Gasteiger partial charge in [0.25, 0.3) is 0 Å². The van der Waals surface area contributed by atoms with Crippen molar-refractivity contribution in [2.75, 3.05) is 19.3 Å². The van der Waals surface area contributed by atoms with Crippen LogP contribution in [0.2, 0.25) is 0 Å². The van der Waals surface area contributed by atoms with Crippen LogP contribution in [0.25, 0.3) is 0 Å². The van der Waals surface area contributed by atoms with Gasteiger partial charge in [0.05, 0.1) is 22.9 Å². The van der Waals surface area contributed by atoms with Gasteiger partial charge in [0, 0.05) is 31.4 Å². The average molecular weight is 683 g/mol. The van der Waals surface area contributed by atoms with Crippen molar-refractivity contribution in [1.82, 2.24) is 20.9 Å². The quantitative estimate of drug-likeness (QED) is 0.250. The highest BCUT2D eigenvalue weighted by Crippen LogP contribution is 2.39. The first-order chi connectivity index (χ1) is 22.4. The Balaban J connectivity index is 1.60. The Hall–Kier alpha value is -2.79. The van der Waals surface area contributed by atoms with Crippen molar-refractivity contribution in [1.29, 1.82) is 0 Å². The number of benzene rings is 2. The minimum atomic E-state index is -3.68. The molecule has 6 unspecified atom stereocenters. The Morgan fingerprint density at radius 2 is 1.56 bits per heavy atom. The minimum absolute atomic E-state index is 0.0300. The molecule has 0 radical (unpaired) electrons. The van der Waals surface area contributed by atoms with Crippen molar-refractivity contribution < 1.29 is 23.1 Å². The number of fused-ring (bicyclic) bond motifs is 1. The maximum Gasteiger partial charge on any atom is 0.239 e. The Kier molecular flexibility index (Phi) is 12.5. The SMILES string of the molecule is Cc1ccc(CNC(C(=O)NC(Cc2ccccc2)C(O)CN2CC3CCCCC3CC2C(=O)NC(C)(C)C)C(C)(C)S(C)(=O)=O)cc1. The normalized spacial score (nSPS) is 22.6. The number of hydrogen-bond donors (Lipinski definition) is 4. The molecule has 0 bridgehead atoms. The van der Waals surface area contributed by atoms with Crippen molar-refractivity contribution in [3.63, 3.8) is 0 Å². The van der Waals surface area contributed by atoms with Crippen LogP contribution in [0.15, 0.2) is 54.6 Å². The highest BCUT2D eigenvalue weighted by atomic mass is 32.2. The first-order valence-electron chi connectivity index (χ1n) is 17.5. The van der Waals surface area contributed by atoms with Gasteiger partial charge in [0.15, 0.2) is 9.84 Å². The minimum Gasteiger partial charge on any atom is -0.390 e. The Morgan fingerprint density at radius 3 is 2.17 bits per heavy atom. The van der Waals surface area contributed by atoms with E-state index in [1.54, 1.807) is 13.8 Å². The summed E-state index contributed by atoms with van der Waals surface area (Å²) < 4.78 is 24.6. The van der Waals surface area contributed by atoms with E-state index in [0.717, 1.165) is 48.8 Å². The van der Waals surface area contributed by atoms with E-state index in [1.807, 2.05) is 82.3 Å². The van der Waals surface area contributed by atoms with E-state index in [2.05, 4.69) is 20.9 Å². The number of rotatable bonds is 13. The number of aliphatic hydroxyl groups excluding tert-OH is 1. The number of carbonyl (C=O) groups excluding carboxylic acids is 2. The van der Waals surface area contributed by atoms with Crippen molar-refractivity contribution >= 4 is 21.7 Å². The van der Waals surface area contributed by atoms with Gasteiger partial charge in [-0.2, -0.15) is 0 Å². The fourth-order valence-electron chi connectivity index (χ4n) is 7.21. The van der Waals surface area contributed by atoms with Gasteiger partial charge < -0.3 is 21.1 Å². The van der Waals surface area contributed by atoms with E-state index in [1.165, 1.54) is 12.8 Å². The monoisotopic (exact) mass is 682 g/mol. The van der Waals surface area contributed by atoms with Gasteiger partial charge in [0.1, 0.15) is 6.04 Å². The van der Waals surface area contributed by atoms with Gasteiger partial charge in [-0.1, -0.05) is 79.4 Å². The summed E-state index contributed by atoms with van der Waals surface area (Å²) in [6, 6.07) is 15.3. The third kappa shape index (κ3) is 10.1. The molecule has 0 aromatic heterocycles. The fourth-order valence-corrected chi connectivity index (χ4v) is 7.82. The number of likely N-dealkylation sites (tertiary alicyclic amines) is 1. The molecule has 0 spiro atoms. The van der Waals surface area contributed by atoms with Crippen LogP contribution in [0.1, 0.15) is 83.4 Å². The van der Waals surface area contributed by atoms with Crippen molar-refractivity contribution in [2.24, 2.45) is 11.8 Å². The van der Waals surface area contributed by atoms with Gasteiger partial charge in [0.2, 0.25) is 11.8 Å². The molecule has 10 heteroatoms. The van der Waals surface area contributed by atoms with Gasteiger partial charge in [-0.25, -0.2) is 8.42 Å². The van der Waals surface area contributed by atoms with Crippen LogP contribution >= 0.6 is 0 Å². The van der Waals surface area contributed by atoms with Crippen LogP contribution in [0.4, 0.5) is 0 Å². The molecule has 1 aliphatic heterocycles. The van der Waals surface area contributed by atoms with E-state index in [9.17, 15) is 23.1 Å². The van der Waals surface area contributed by atoms with E-state index in [0.29, 0.717) is 24.8 Å². The number of sulfone groups is 1. The molecule has 2 aromatic carbocycles. The van der Waals surface area contributed by atoms with Crippen LogP contribution in [-0.4, -0.2) is 84.1 Å². The number of hydrogen-bond acceptors (Lipinski definition) is 7. The zero-order valence-electron chi connectivity index (χ0n) is 30.0. The number of amides is 2. The lowest BCUT2D eigenvalue weighted by molar-refractivity contribution is -0.133. The first-order valence-corrected chi connectivity index (χ1v) is 19.4. The maximum atomic E-state index is 14.2. The molecule has 2 fully saturated rings. The predicted molar refractivity (Wildman–Crippen MR) is 192 cm³/mol. The van der Waals surface area contributed by atoms with Gasteiger partial charge >= 0.3 is 0 Å². The number of β-amino-alcohol motifs (C(OH)–C–C–N with tert-alkyl or cyclic N) is 1. The second-order valence-electron chi connectivity index (χ2n) is 15.8. The van der Waals surface area contributed by atoms with E-state index in [-0.39, 0.29) is 24.0 Å². The van der Waals surface area contributed by atoms with Crippen LogP contribution in [0, 0.1) is 18.8 Å². The molecule has 1 aliphatic carbocycles. The number of carbonyl (C=O) groups is 2. The van der Waals surface area contributed by atoms with Crippen molar-refractivity contribution in [3.05, 3.63) is 71.3 Å². The average Bonchev–Trinajstić information content (AvgIpc) is 3.00. The Morgan fingerprint density at radius 1 is 0.938 bits per heavy atom. The summed E-state index contributed by atoms with van der Waals surface area (Å²) >= 11 is 0. The molecule has 1 heterocycles. The maximum absolute atomic E-state index is 14.2. The standard InChI is InChI=1S/C38H58N4O5S/c1-26-17-19-28(20-18-26)23-39-34(38(5,6)48(7,46)47)36(45)40-31(21-27-13-9-8-10-14-27)33(43)25-42-24-30-16-12-11-15-29(30)22-32(42)35(44)41-37(2,3)4/h8-10,13-14,17-20,29-34,39,43H,11-12,15-16,21-25H2,1-7H3,(H,40,45)(H,41,44). The summed E-state index contributed by atoms with van der Waals surface area (Å²) in [6.45, 7) is 12.3. The summed E-state index contributed by atoms with van der Waals surface area (Å²) in [5, 5.41) is 21.4. The third-order valence-electron chi connectivity index (χ3n) is 10.4. The molecule has 9 nitrogen and oxygen atoms in total. The third-order valence-corrected chi connectivity index (χ3v) is 12.5. The van der Waals surface area contributed by atoms with Gasteiger partial charge in [-0.15, -0.1) is 0 Å². The number of aliphatic hydroxyl groups is 1. The molecule has 1 saturated heterocycles. The van der Waals surface area contributed by atoms with Crippen LogP contribution in [0.5, 0.6) is 0 Å². The number of aryl methyl sites for hydroxylation is 1. The highest BCUT2D eigenvalue weighted by molar-refractivity contribution is 7.92. The lowest BCUT2D eigenvalue weighted by Gasteiger charge is -2.47. The molecule has 2 aliphatic rings. The second kappa shape index (κ2) is 15.8. The summed E-state index contributed by atoms with van der Waals surface area (Å²) in [4.78, 5) is 30.0. The van der Waals surface area contributed by atoms with E-state index >= 15 is 0 Å². The lowest BCUT2D eigenvalue weighted by Crippen LogP contribution is -2.63. The summed E-state index contributed by atoms with van der Waals surface area (Å²) in [6.07, 6.45) is 5.83. The molecule has 266 valence electrons. The van der Waals surface area contributed by atoms with Crippen molar-refractivity contribution in [3.8, 4) is 0 Å². The fraction of sp³-hybridized carbons (Fsp3) is 0.632. The largest absolute Gasteiger partial charge is 0.390 e. The molecule has 4 rings (SSSR count). The topological polar surface area (TPSA) is 128 Å². The van der Waals surface area contributed by atoms with Crippen LogP contribution in [-0.2, 0) is 32.4 Å². The first kappa shape index (κ1) is 38.0. The number of nitrogens with one attached hydrogen (secondary N) is 3. The molecule has 2 aromatic rings. The van der Waals surface area contributed by atoms with Crippen molar-refractivity contribution in [2.45, 2.75) is 121 Å². The second-order valence-corrected chi connectivity index (χ2v) is 18.4. The zero-order chi connectivity index (χ0) is 35.3. The molecule has 2 amide bonds. The number of piperidine rings is 1. The zero-order valence-corrected chi connectivity index (χ0v) is 30.8. The summed E-state index contributed by atoms with van der Waals surface area (Å²) in [5.74, 6) is 0.433. The molecule has 1 saturated carbocycles. The highest BCUT2D eigenvalue weighted by Gasteiger charge is 2.45. The molecular weight excluding hydrogens is 625 g/mol. The van der Waals surface area contributed by atoms with E-state index in [4.69, 9.17) is 0 Å². The molecule has 48 heavy (non-hydrogen) atoms. The summed E-state index contributed by atoms with van der Waals surface area (Å²) in [7, 11) is -3.68. The van der Waals surface area contributed by atoms with Crippen LogP contribution in [0.3, 0.4) is 0 Å². The van der Waals surface area contributed by atoms with Crippen LogP contribution < -0.4 is 16.0 Å².